The predicted molar refractivity (Wildman–Crippen MR) is 68.3 cm³/mol. The molecule has 1 aliphatic heterocycles. The van der Waals surface area contributed by atoms with E-state index in [-0.39, 0.29) is 29.1 Å². The zero-order chi connectivity index (χ0) is 10.7. The van der Waals surface area contributed by atoms with E-state index in [0.29, 0.717) is 12.1 Å². The van der Waals surface area contributed by atoms with Crippen LogP contribution >= 0.6 is 0 Å². The Bertz CT molecular complexity index is 81.9. The zero-order valence-electron chi connectivity index (χ0n) is 11.4. The maximum absolute atomic E-state index is 4.39. The summed E-state index contributed by atoms with van der Waals surface area (Å²) in [5.41, 5.74) is 0. The molecule has 4 heteroatoms. The van der Waals surface area contributed by atoms with Crippen LogP contribution in [0.1, 0.15) is 26.7 Å². The first-order valence-corrected chi connectivity index (χ1v) is 4.78. The predicted octanol–water partition coefficient (Wildman–Crippen LogP) is 3.62. The molecule has 2 unspecified atom stereocenters. The van der Waals surface area contributed by atoms with Crippen LogP contribution in [-0.2, 0) is 21.7 Å². The zero-order valence-corrected chi connectivity index (χ0v) is 13.0. The van der Waals surface area contributed by atoms with E-state index in [4.69, 9.17) is 0 Å². The summed E-state index contributed by atoms with van der Waals surface area (Å²) >= 11 is 0. The second kappa shape index (κ2) is 20.1. The maximum atomic E-state index is 4.39. The van der Waals surface area contributed by atoms with Gasteiger partial charge in [-0.1, -0.05) is 26.7 Å². The molecule has 0 aromatic carbocycles. The van der Waals surface area contributed by atoms with Crippen molar-refractivity contribution in [3.05, 3.63) is 23.4 Å². The number of hydrogen-bond acceptors (Lipinski definition) is 0. The van der Waals surface area contributed by atoms with E-state index >= 15 is 0 Å². The van der Waals surface area contributed by atoms with Gasteiger partial charge in [0.25, 0.3) is 0 Å². The van der Waals surface area contributed by atoms with Crippen molar-refractivity contribution >= 4 is 0 Å². The SMILES string of the molecule is CC1CCC(C)[N-]1.C[N-]C.C[N-]C.[CH3-].[Ti+4]. The molecule has 90 valence electrons. The third-order valence-electron chi connectivity index (χ3n) is 1.51. The largest absolute Gasteiger partial charge is 4.00 e. The second-order valence-electron chi connectivity index (χ2n) is 3.32. The Balaban J connectivity index is -0.0000000665. The van der Waals surface area contributed by atoms with Crippen molar-refractivity contribution in [1.29, 1.82) is 0 Å². The Kier molecular flexibility index (Phi) is 33.0. The van der Waals surface area contributed by atoms with Crippen molar-refractivity contribution in [3.63, 3.8) is 0 Å². The number of nitrogens with zero attached hydrogens (tertiary/aromatic N) is 3. The smallest absolute Gasteiger partial charge is 0.668 e. The molecule has 0 amide bonds. The van der Waals surface area contributed by atoms with Crippen molar-refractivity contribution in [2.24, 2.45) is 0 Å². The maximum Gasteiger partial charge on any atom is 4.00 e. The average Bonchev–Trinajstić information content (AvgIpc) is 2.38. The molecule has 1 saturated heterocycles. The summed E-state index contributed by atoms with van der Waals surface area (Å²) in [4.78, 5) is 0. The number of hydrogen-bond donors (Lipinski definition) is 0. The third-order valence-corrected chi connectivity index (χ3v) is 1.51. The molecule has 0 N–H and O–H groups in total. The number of rotatable bonds is 0. The summed E-state index contributed by atoms with van der Waals surface area (Å²) in [5.74, 6) is 0. The van der Waals surface area contributed by atoms with Gasteiger partial charge in [-0.2, -0.15) is 28.2 Å². The average molecular weight is 249 g/mol. The molecule has 0 radical (unpaired) electrons. The molecule has 0 aromatic heterocycles. The van der Waals surface area contributed by atoms with Gasteiger partial charge < -0.3 is 23.4 Å². The molecule has 0 bridgehead atoms. The van der Waals surface area contributed by atoms with Crippen LogP contribution in [0.4, 0.5) is 0 Å². The standard InChI is InChI=1S/C6H12N.2C2H6N.CH3.Ti/c1-5-3-4-6(2)7-5;2*1-3-2;;/h5-6H,3-4H2,1-2H3;2*1-2H3;1H3;/q4*-1;+4. The molecule has 3 nitrogen and oxygen atoms in total. The Labute approximate surface area is 112 Å². The van der Waals surface area contributed by atoms with Gasteiger partial charge in [-0.05, 0) is 0 Å². The molecule has 0 aromatic rings. The summed E-state index contributed by atoms with van der Waals surface area (Å²) in [5, 5.41) is 11.4. The van der Waals surface area contributed by atoms with Crippen molar-refractivity contribution in [2.75, 3.05) is 28.2 Å². The Morgan fingerprint density at radius 2 is 1.07 bits per heavy atom. The molecule has 1 aliphatic rings. The summed E-state index contributed by atoms with van der Waals surface area (Å²) in [6.07, 6.45) is 2.61. The van der Waals surface area contributed by atoms with Gasteiger partial charge in [0, 0.05) is 0 Å². The fourth-order valence-corrected chi connectivity index (χ4v) is 1.07. The van der Waals surface area contributed by atoms with Crippen molar-refractivity contribution in [2.45, 2.75) is 38.8 Å². The van der Waals surface area contributed by atoms with Crippen LogP contribution in [0.2, 0.25) is 0 Å². The van der Waals surface area contributed by atoms with E-state index in [1.807, 2.05) is 0 Å². The van der Waals surface area contributed by atoms with Gasteiger partial charge in [-0.15, -0.1) is 12.1 Å². The molecule has 2 atom stereocenters. The van der Waals surface area contributed by atoms with Crippen molar-refractivity contribution in [1.82, 2.24) is 0 Å². The molecule has 1 fully saturated rings. The minimum Gasteiger partial charge on any atom is -0.668 e. The third kappa shape index (κ3) is 25.1. The fourth-order valence-electron chi connectivity index (χ4n) is 1.07. The monoisotopic (exact) mass is 249 g/mol. The molecule has 1 rings (SSSR count). The quantitative estimate of drug-likeness (QED) is 0.465. The van der Waals surface area contributed by atoms with Gasteiger partial charge >= 0.3 is 21.7 Å². The van der Waals surface area contributed by atoms with E-state index in [1.54, 1.807) is 28.2 Å². The van der Waals surface area contributed by atoms with E-state index in [2.05, 4.69) is 29.8 Å². The molecule has 15 heavy (non-hydrogen) atoms. The topological polar surface area (TPSA) is 42.3 Å². The van der Waals surface area contributed by atoms with Crippen LogP contribution in [0.5, 0.6) is 0 Å². The van der Waals surface area contributed by atoms with Gasteiger partial charge in [-0.25, -0.2) is 0 Å². The van der Waals surface area contributed by atoms with Gasteiger partial charge in [0.15, 0.2) is 0 Å². The van der Waals surface area contributed by atoms with Gasteiger partial charge in [-0.3, -0.25) is 0 Å². The van der Waals surface area contributed by atoms with Crippen LogP contribution in [0.3, 0.4) is 0 Å². The summed E-state index contributed by atoms with van der Waals surface area (Å²) in [6, 6.07) is 1.30. The van der Waals surface area contributed by atoms with Gasteiger partial charge in [0.05, 0.1) is 0 Å². The van der Waals surface area contributed by atoms with E-state index in [0.717, 1.165) is 0 Å². The second-order valence-corrected chi connectivity index (χ2v) is 3.32. The Hall–Kier alpha value is 0.594. The van der Waals surface area contributed by atoms with E-state index < -0.39 is 0 Å². The first-order valence-electron chi connectivity index (χ1n) is 4.78. The van der Waals surface area contributed by atoms with E-state index in [9.17, 15) is 0 Å². The molecule has 0 spiro atoms. The minimum absolute atomic E-state index is 0. The van der Waals surface area contributed by atoms with E-state index in [1.165, 1.54) is 12.8 Å². The van der Waals surface area contributed by atoms with Crippen LogP contribution in [0, 0.1) is 7.43 Å². The molecule has 0 saturated carbocycles. The summed E-state index contributed by atoms with van der Waals surface area (Å²) in [7, 11) is 7.00. The van der Waals surface area contributed by atoms with Crippen LogP contribution in [-0.4, -0.2) is 40.3 Å². The van der Waals surface area contributed by atoms with Crippen molar-refractivity contribution < 1.29 is 21.7 Å². The first-order chi connectivity index (χ1) is 6.12. The Morgan fingerprint density at radius 1 is 0.867 bits per heavy atom. The molecular weight excluding hydrogens is 222 g/mol. The van der Waals surface area contributed by atoms with Gasteiger partial charge in [0.1, 0.15) is 0 Å². The summed E-state index contributed by atoms with van der Waals surface area (Å²) < 4.78 is 0. The Morgan fingerprint density at radius 3 is 1.13 bits per heavy atom. The fraction of sp³-hybridized carbons (Fsp3) is 0.909. The normalized spacial score (nSPS) is 22.0. The van der Waals surface area contributed by atoms with Crippen LogP contribution in [0.25, 0.3) is 16.0 Å². The summed E-state index contributed by atoms with van der Waals surface area (Å²) in [6.45, 7) is 4.37. The minimum atomic E-state index is 0. The van der Waals surface area contributed by atoms with Gasteiger partial charge in [0.2, 0.25) is 0 Å². The van der Waals surface area contributed by atoms with Crippen LogP contribution in [0.15, 0.2) is 0 Å². The first kappa shape index (κ1) is 24.7. The molecule has 1 heterocycles. The molecule has 0 aliphatic carbocycles. The molecular formula is C11H27N3Ti. The van der Waals surface area contributed by atoms with Crippen LogP contribution < -0.4 is 0 Å². The van der Waals surface area contributed by atoms with Crippen molar-refractivity contribution in [3.8, 4) is 0 Å².